The number of benzene rings is 1. The Morgan fingerprint density at radius 2 is 1.80 bits per heavy atom. The normalized spacial score (nSPS) is 12.7. The Bertz CT molecular complexity index is 319. The molecular weight excluding hydrogens is 192 g/mol. The van der Waals surface area contributed by atoms with Gasteiger partial charge in [-0.2, -0.15) is 0 Å². The number of hydrogen-bond acceptors (Lipinski definition) is 3. The van der Waals surface area contributed by atoms with Crippen LogP contribution >= 0.6 is 0 Å². The molecule has 1 N–H and O–H groups in total. The van der Waals surface area contributed by atoms with Crippen LogP contribution in [0.4, 0.5) is 0 Å². The first-order valence-electron chi connectivity index (χ1n) is 5.07. The van der Waals surface area contributed by atoms with Crippen LogP contribution in [-0.2, 0) is 0 Å². The minimum Gasteiger partial charge on any atom is -0.493 e. The van der Waals surface area contributed by atoms with Gasteiger partial charge < -0.3 is 14.6 Å². The molecule has 0 heterocycles. The van der Waals surface area contributed by atoms with Gasteiger partial charge in [-0.1, -0.05) is 6.07 Å². The Labute approximate surface area is 90.6 Å². The molecule has 1 rings (SSSR count). The summed E-state index contributed by atoms with van der Waals surface area (Å²) in [5.41, 5.74) is 0.822. The van der Waals surface area contributed by atoms with Crippen molar-refractivity contribution in [3.63, 3.8) is 0 Å². The Balaban J connectivity index is 2.98. The zero-order chi connectivity index (χ0) is 11.4. The maximum absolute atomic E-state index is 9.42. The molecule has 84 valence electrons. The van der Waals surface area contributed by atoms with Crippen molar-refractivity contribution in [2.45, 2.75) is 33.0 Å². The molecular formula is C12H18O3. The van der Waals surface area contributed by atoms with Crippen molar-refractivity contribution in [1.82, 2.24) is 0 Å². The van der Waals surface area contributed by atoms with E-state index >= 15 is 0 Å². The van der Waals surface area contributed by atoms with Gasteiger partial charge in [0.1, 0.15) is 0 Å². The molecule has 0 unspecified atom stereocenters. The molecule has 15 heavy (non-hydrogen) atoms. The summed E-state index contributed by atoms with van der Waals surface area (Å²) in [7, 11) is 1.59. The number of aliphatic hydroxyl groups excluding tert-OH is 1. The smallest absolute Gasteiger partial charge is 0.161 e. The van der Waals surface area contributed by atoms with Crippen LogP contribution in [-0.4, -0.2) is 18.3 Å². The predicted octanol–water partition coefficient (Wildman–Crippen LogP) is 2.54. The highest BCUT2D eigenvalue weighted by Gasteiger charge is 2.09. The average molecular weight is 210 g/mol. The molecule has 0 fully saturated rings. The van der Waals surface area contributed by atoms with Gasteiger partial charge in [-0.05, 0) is 38.5 Å². The largest absolute Gasteiger partial charge is 0.493 e. The third-order valence-electron chi connectivity index (χ3n) is 2.03. The zero-order valence-electron chi connectivity index (χ0n) is 9.65. The van der Waals surface area contributed by atoms with E-state index in [2.05, 4.69) is 0 Å². The lowest BCUT2D eigenvalue weighted by Crippen LogP contribution is -2.07. The van der Waals surface area contributed by atoms with E-state index in [0.29, 0.717) is 11.5 Å². The monoisotopic (exact) mass is 210 g/mol. The van der Waals surface area contributed by atoms with Crippen LogP contribution in [0.2, 0.25) is 0 Å². The average Bonchev–Trinajstić information content (AvgIpc) is 2.17. The Morgan fingerprint density at radius 3 is 2.27 bits per heavy atom. The lowest BCUT2D eigenvalue weighted by atomic mass is 10.1. The SMILES string of the molecule is COc1cc([C@H](C)O)ccc1OC(C)C. The fourth-order valence-electron chi connectivity index (χ4n) is 1.30. The van der Waals surface area contributed by atoms with Crippen molar-refractivity contribution in [3.05, 3.63) is 23.8 Å². The van der Waals surface area contributed by atoms with E-state index in [-0.39, 0.29) is 6.10 Å². The van der Waals surface area contributed by atoms with Gasteiger partial charge in [0.05, 0.1) is 19.3 Å². The number of aliphatic hydroxyl groups is 1. The van der Waals surface area contributed by atoms with Crippen LogP contribution in [0.3, 0.4) is 0 Å². The molecule has 0 aromatic heterocycles. The predicted molar refractivity (Wildman–Crippen MR) is 59.4 cm³/mol. The molecule has 3 nitrogen and oxygen atoms in total. The molecule has 0 radical (unpaired) electrons. The van der Waals surface area contributed by atoms with Crippen LogP contribution < -0.4 is 9.47 Å². The summed E-state index contributed by atoms with van der Waals surface area (Å²) in [5, 5.41) is 9.42. The lowest BCUT2D eigenvalue weighted by molar-refractivity contribution is 0.197. The molecule has 3 heteroatoms. The zero-order valence-corrected chi connectivity index (χ0v) is 9.65. The first kappa shape index (κ1) is 11.9. The molecule has 1 aromatic rings. The summed E-state index contributed by atoms with van der Waals surface area (Å²) in [4.78, 5) is 0. The molecule has 0 amide bonds. The summed E-state index contributed by atoms with van der Waals surface area (Å²) in [6, 6.07) is 5.45. The maximum Gasteiger partial charge on any atom is 0.161 e. The topological polar surface area (TPSA) is 38.7 Å². The van der Waals surface area contributed by atoms with E-state index in [1.165, 1.54) is 0 Å². The molecule has 0 saturated carbocycles. The quantitative estimate of drug-likeness (QED) is 0.830. The second-order valence-electron chi connectivity index (χ2n) is 3.75. The lowest BCUT2D eigenvalue weighted by Gasteiger charge is -2.15. The van der Waals surface area contributed by atoms with Crippen molar-refractivity contribution >= 4 is 0 Å². The molecule has 0 aliphatic heterocycles. The summed E-state index contributed by atoms with van der Waals surface area (Å²) in [6.07, 6.45) is -0.386. The first-order valence-corrected chi connectivity index (χ1v) is 5.07. The Morgan fingerprint density at radius 1 is 1.13 bits per heavy atom. The van der Waals surface area contributed by atoms with Gasteiger partial charge in [0.2, 0.25) is 0 Å². The molecule has 0 saturated heterocycles. The van der Waals surface area contributed by atoms with Gasteiger partial charge in [0.15, 0.2) is 11.5 Å². The fraction of sp³-hybridized carbons (Fsp3) is 0.500. The number of hydrogen-bond donors (Lipinski definition) is 1. The van der Waals surface area contributed by atoms with Gasteiger partial charge in [-0.15, -0.1) is 0 Å². The molecule has 0 aliphatic rings. The van der Waals surface area contributed by atoms with Gasteiger partial charge >= 0.3 is 0 Å². The van der Waals surface area contributed by atoms with Gasteiger partial charge in [-0.3, -0.25) is 0 Å². The van der Waals surface area contributed by atoms with Crippen LogP contribution in [0, 0.1) is 0 Å². The summed E-state index contributed by atoms with van der Waals surface area (Å²) >= 11 is 0. The summed E-state index contributed by atoms with van der Waals surface area (Å²) in [5.74, 6) is 1.36. The van der Waals surface area contributed by atoms with Gasteiger partial charge in [0.25, 0.3) is 0 Å². The third kappa shape index (κ3) is 3.13. The van der Waals surface area contributed by atoms with Gasteiger partial charge in [0, 0.05) is 0 Å². The molecule has 0 aliphatic carbocycles. The molecule has 0 spiro atoms. The van der Waals surface area contributed by atoms with Crippen molar-refractivity contribution < 1.29 is 14.6 Å². The highest BCUT2D eigenvalue weighted by molar-refractivity contribution is 5.43. The highest BCUT2D eigenvalue weighted by atomic mass is 16.5. The van der Waals surface area contributed by atoms with Crippen molar-refractivity contribution in [3.8, 4) is 11.5 Å². The van der Waals surface area contributed by atoms with Crippen LogP contribution in [0.25, 0.3) is 0 Å². The standard InChI is InChI=1S/C12H18O3/c1-8(2)15-11-6-5-10(9(3)13)7-12(11)14-4/h5-9,13H,1-4H3/t9-/m0/s1. The van der Waals surface area contributed by atoms with Gasteiger partial charge in [-0.25, -0.2) is 0 Å². The Hall–Kier alpha value is -1.22. The van der Waals surface area contributed by atoms with Crippen LogP contribution in [0.1, 0.15) is 32.4 Å². The van der Waals surface area contributed by atoms with Crippen LogP contribution in [0.15, 0.2) is 18.2 Å². The second kappa shape index (κ2) is 5.03. The van der Waals surface area contributed by atoms with E-state index < -0.39 is 6.10 Å². The van der Waals surface area contributed by atoms with E-state index in [1.807, 2.05) is 26.0 Å². The van der Waals surface area contributed by atoms with Crippen molar-refractivity contribution in [2.24, 2.45) is 0 Å². The van der Waals surface area contributed by atoms with Crippen LogP contribution in [0.5, 0.6) is 11.5 Å². The number of methoxy groups -OCH3 is 1. The highest BCUT2D eigenvalue weighted by Crippen LogP contribution is 2.30. The second-order valence-corrected chi connectivity index (χ2v) is 3.75. The van der Waals surface area contributed by atoms with E-state index in [1.54, 1.807) is 20.1 Å². The van der Waals surface area contributed by atoms with E-state index in [0.717, 1.165) is 5.56 Å². The first-order chi connectivity index (χ1) is 7.04. The molecule has 0 bridgehead atoms. The van der Waals surface area contributed by atoms with Crippen molar-refractivity contribution in [2.75, 3.05) is 7.11 Å². The number of rotatable bonds is 4. The Kier molecular flexibility index (Phi) is 3.97. The summed E-state index contributed by atoms with van der Waals surface area (Å²) < 4.78 is 10.8. The molecule has 1 atom stereocenters. The van der Waals surface area contributed by atoms with E-state index in [9.17, 15) is 5.11 Å². The molecule has 1 aromatic carbocycles. The summed E-state index contributed by atoms with van der Waals surface area (Å²) in [6.45, 7) is 5.64. The fourth-order valence-corrected chi connectivity index (χ4v) is 1.30. The maximum atomic E-state index is 9.42. The number of ether oxygens (including phenoxy) is 2. The minimum atomic E-state index is -0.494. The minimum absolute atomic E-state index is 0.108. The third-order valence-corrected chi connectivity index (χ3v) is 2.03. The van der Waals surface area contributed by atoms with E-state index in [4.69, 9.17) is 9.47 Å². The van der Waals surface area contributed by atoms with Crippen molar-refractivity contribution in [1.29, 1.82) is 0 Å².